The number of carbonyl (C=O) groups is 1. The lowest BCUT2D eigenvalue weighted by Gasteiger charge is -2.34. The van der Waals surface area contributed by atoms with Crippen molar-refractivity contribution in [3.8, 4) is 0 Å². The highest BCUT2D eigenvalue weighted by atomic mass is 16.5. The Morgan fingerprint density at radius 2 is 1.57 bits per heavy atom. The lowest BCUT2D eigenvalue weighted by Crippen LogP contribution is -2.43. The Labute approximate surface area is 180 Å². The summed E-state index contributed by atoms with van der Waals surface area (Å²) in [5.41, 5.74) is 1.06. The van der Waals surface area contributed by atoms with E-state index in [0.29, 0.717) is 13.2 Å². The number of esters is 1. The van der Waals surface area contributed by atoms with Crippen LogP contribution >= 0.6 is 0 Å². The molecule has 30 heavy (non-hydrogen) atoms. The Morgan fingerprint density at radius 1 is 0.967 bits per heavy atom. The number of aliphatic hydroxyl groups excluding tert-OH is 3. The van der Waals surface area contributed by atoms with Crippen LogP contribution in [0.15, 0.2) is 42.5 Å². The van der Waals surface area contributed by atoms with E-state index in [1.807, 2.05) is 37.3 Å². The van der Waals surface area contributed by atoms with Gasteiger partial charge < -0.3 is 24.8 Å². The lowest BCUT2D eigenvalue weighted by molar-refractivity contribution is -0.137. The van der Waals surface area contributed by atoms with Crippen molar-refractivity contribution in [2.45, 2.75) is 59.5 Å². The molecular formula is C24H38O6. The van der Waals surface area contributed by atoms with Crippen LogP contribution in [0, 0.1) is 23.7 Å². The Morgan fingerprint density at radius 3 is 2.17 bits per heavy atom. The van der Waals surface area contributed by atoms with Crippen LogP contribution in [-0.4, -0.2) is 52.8 Å². The first-order valence-electron chi connectivity index (χ1n) is 10.7. The number of ether oxygens (including phenoxy) is 2. The van der Waals surface area contributed by atoms with Gasteiger partial charge in [0.2, 0.25) is 0 Å². The number of rotatable bonds is 13. The minimum Gasteiger partial charge on any atom is -0.463 e. The number of hydrogen-bond donors (Lipinski definition) is 3. The standard InChI is InChI=1S/C24H38O6/c1-6-30-21(25)13-12-16(2)22(26)18(4)24(28)19(5)23(27)17(3)14-29-15-20-10-8-7-9-11-20/h7-13,16-19,22-24,26-28H,6,14-15H2,1-5H3/b13-12+/t16-,17+,18+,19-,22-,23+,24+/m1/s1. The molecule has 1 rings (SSSR count). The van der Waals surface area contributed by atoms with Crippen LogP contribution in [-0.2, 0) is 20.9 Å². The third-order valence-corrected chi connectivity index (χ3v) is 5.59. The highest BCUT2D eigenvalue weighted by molar-refractivity contribution is 5.81. The molecule has 0 aromatic heterocycles. The lowest BCUT2D eigenvalue weighted by atomic mass is 9.80. The maximum absolute atomic E-state index is 11.4. The second kappa shape index (κ2) is 13.5. The van der Waals surface area contributed by atoms with Gasteiger partial charge in [-0.3, -0.25) is 0 Å². The summed E-state index contributed by atoms with van der Waals surface area (Å²) in [5.74, 6) is -1.93. The highest BCUT2D eigenvalue weighted by Crippen LogP contribution is 2.26. The Bertz CT molecular complexity index is 632. The first kappa shape index (κ1) is 26.3. The van der Waals surface area contributed by atoms with Crippen LogP contribution < -0.4 is 0 Å². The quantitative estimate of drug-likeness (QED) is 0.334. The molecule has 0 aliphatic rings. The van der Waals surface area contributed by atoms with E-state index < -0.39 is 36.1 Å². The van der Waals surface area contributed by atoms with Crippen molar-refractivity contribution in [2.24, 2.45) is 23.7 Å². The van der Waals surface area contributed by atoms with Gasteiger partial charge in [0.1, 0.15) is 0 Å². The Balaban J connectivity index is 2.54. The zero-order valence-electron chi connectivity index (χ0n) is 18.8. The monoisotopic (exact) mass is 422 g/mol. The molecule has 3 N–H and O–H groups in total. The Hall–Kier alpha value is -1.73. The molecule has 0 saturated carbocycles. The zero-order valence-corrected chi connectivity index (χ0v) is 18.8. The summed E-state index contributed by atoms with van der Waals surface area (Å²) in [7, 11) is 0. The SMILES string of the molecule is CCOC(=O)/C=C/[C@@H](C)[C@@H](O)[C@H](C)[C@H](O)[C@H](C)[C@@H](O)[C@@H](C)COCc1ccccc1. The summed E-state index contributed by atoms with van der Waals surface area (Å²) in [6.45, 7) is 10.0. The molecule has 0 amide bonds. The predicted molar refractivity (Wildman–Crippen MR) is 117 cm³/mol. The van der Waals surface area contributed by atoms with Crippen molar-refractivity contribution in [1.29, 1.82) is 0 Å². The van der Waals surface area contributed by atoms with Crippen LogP contribution in [0.25, 0.3) is 0 Å². The average Bonchev–Trinajstić information content (AvgIpc) is 2.75. The van der Waals surface area contributed by atoms with Crippen LogP contribution in [0.4, 0.5) is 0 Å². The van der Waals surface area contributed by atoms with Gasteiger partial charge in [-0.15, -0.1) is 0 Å². The maximum Gasteiger partial charge on any atom is 0.330 e. The Kier molecular flexibility index (Phi) is 11.9. The molecule has 6 heteroatoms. The van der Waals surface area contributed by atoms with E-state index in [0.717, 1.165) is 5.56 Å². The maximum atomic E-state index is 11.4. The van der Waals surface area contributed by atoms with Gasteiger partial charge in [0.25, 0.3) is 0 Å². The second-order valence-electron chi connectivity index (χ2n) is 8.14. The van der Waals surface area contributed by atoms with E-state index in [-0.39, 0.29) is 18.4 Å². The summed E-state index contributed by atoms with van der Waals surface area (Å²) in [5, 5.41) is 31.9. The molecule has 1 aromatic carbocycles. The van der Waals surface area contributed by atoms with Gasteiger partial charge in [-0.05, 0) is 12.5 Å². The van der Waals surface area contributed by atoms with Gasteiger partial charge in [0.05, 0.1) is 38.1 Å². The van der Waals surface area contributed by atoms with Crippen molar-refractivity contribution in [3.63, 3.8) is 0 Å². The highest BCUT2D eigenvalue weighted by Gasteiger charge is 2.34. The summed E-state index contributed by atoms with van der Waals surface area (Å²) >= 11 is 0. The molecule has 6 nitrogen and oxygen atoms in total. The zero-order chi connectivity index (χ0) is 22.7. The molecule has 0 radical (unpaired) electrons. The summed E-state index contributed by atoms with van der Waals surface area (Å²) in [6.07, 6.45) is 0.305. The smallest absolute Gasteiger partial charge is 0.330 e. The van der Waals surface area contributed by atoms with Crippen molar-refractivity contribution in [3.05, 3.63) is 48.0 Å². The predicted octanol–water partition coefficient (Wildman–Crippen LogP) is 2.95. The summed E-state index contributed by atoms with van der Waals surface area (Å²) in [4.78, 5) is 11.4. The van der Waals surface area contributed by atoms with Gasteiger partial charge in [0.15, 0.2) is 0 Å². The van der Waals surface area contributed by atoms with E-state index >= 15 is 0 Å². The minimum absolute atomic E-state index is 0.177. The number of benzene rings is 1. The van der Waals surface area contributed by atoms with Gasteiger partial charge in [0, 0.05) is 29.7 Å². The van der Waals surface area contributed by atoms with Crippen LogP contribution in [0.3, 0.4) is 0 Å². The molecule has 0 aliphatic carbocycles. The fourth-order valence-electron chi connectivity index (χ4n) is 3.45. The fraction of sp³-hybridized carbons (Fsp3) is 0.625. The van der Waals surface area contributed by atoms with Crippen molar-refractivity contribution in [1.82, 2.24) is 0 Å². The van der Waals surface area contributed by atoms with E-state index in [9.17, 15) is 20.1 Å². The van der Waals surface area contributed by atoms with E-state index in [1.54, 1.807) is 33.8 Å². The molecule has 0 saturated heterocycles. The molecule has 0 spiro atoms. The largest absolute Gasteiger partial charge is 0.463 e. The topological polar surface area (TPSA) is 96.2 Å². The molecule has 170 valence electrons. The summed E-state index contributed by atoms with van der Waals surface area (Å²) < 4.78 is 10.5. The minimum atomic E-state index is -0.912. The first-order chi connectivity index (χ1) is 14.2. The molecular weight excluding hydrogens is 384 g/mol. The first-order valence-corrected chi connectivity index (χ1v) is 10.7. The fourth-order valence-corrected chi connectivity index (χ4v) is 3.45. The van der Waals surface area contributed by atoms with Crippen molar-refractivity contribution in [2.75, 3.05) is 13.2 Å². The molecule has 0 aliphatic heterocycles. The molecule has 1 aromatic rings. The van der Waals surface area contributed by atoms with Gasteiger partial charge in [-0.2, -0.15) is 0 Å². The summed E-state index contributed by atoms with van der Waals surface area (Å²) in [6, 6.07) is 9.81. The number of hydrogen-bond acceptors (Lipinski definition) is 6. The normalized spacial score (nSPS) is 18.9. The van der Waals surface area contributed by atoms with E-state index in [1.165, 1.54) is 6.08 Å². The van der Waals surface area contributed by atoms with E-state index in [2.05, 4.69) is 0 Å². The third kappa shape index (κ3) is 8.56. The molecule has 0 heterocycles. The van der Waals surface area contributed by atoms with Crippen LogP contribution in [0.2, 0.25) is 0 Å². The van der Waals surface area contributed by atoms with Crippen LogP contribution in [0.1, 0.15) is 40.2 Å². The molecule has 0 bridgehead atoms. The third-order valence-electron chi connectivity index (χ3n) is 5.59. The second-order valence-corrected chi connectivity index (χ2v) is 8.14. The van der Waals surface area contributed by atoms with Gasteiger partial charge >= 0.3 is 5.97 Å². The number of carbonyl (C=O) groups excluding carboxylic acids is 1. The van der Waals surface area contributed by atoms with Crippen LogP contribution in [0.5, 0.6) is 0 Å². The van der Waals surface area contributed by atoms with Crippen molar-refractivity contribution < 1.29 is 29.6 Å². The molecule has 0 unspecified atom stereocenters. The van der Waals surface area contributed by atoms with Gasteiger partial charge in [-0.1, -0.05) is 64.1 Å². The van der Waals surface area contributed by atoms with E-state index in [4.69, 9.17) is 9.47 Å². The average molecular weight is 423 g/mol. The molecule has 0 fully saturated rings. The molecule has 7 atom stereocenters. The van der Waals surface area contributed by atoms with Gasteiger partial charge in [-0.25, -0.2) is 4.79 Å². The number of aliphatic hydroxyl groups is 3. The van der Waals surface area contributed by atoms with Crippen molar-refractivity contribution >= 4 is 5.97 Å².